The van der Waals surface area contributed by atoms with Gasteiger partial charge >= 0.3 is 0 Å². The van der Waals surface area contributed by atoms with Crippen molar-refractivity contribution in [3.05, 3.63) is 34.9 Å². The molecule has 0 saturated heterocycles. The fraction of sp³-hybridized carbons (Fsp3) is 0.647. The number of hydrogen-bond donors (Lipinski definition) is 2. The molecule has 0 bridgehead atoms. The molecule has 1 unspecified atom stereocenters. The quantitative estimate of drug-likeness (QED) is 0.327. The van der Waals surface area contributed by atoms with Crippen LogP contribution in [0.2, 0.25) is 5.02 Å². The highest BCUT2D eigenvalue weighted by atomic mass is 35.5. The normalized spacial score (nSPS) is 12.6. The van der Waals surface area contributed by atoms with Crippen molar-refractivity contribution in [2.75, 3.05) is 0 Å². The summed E-state index contributed by atoms with van der Waals surface area (Å²) in [5, 5.41) is 0.775. The molecular weight excluding hydrogens is 268 g/mol. The van der Waals surface area contributed by atoms with E-state index in [0.717, 1.165) is 11.4 Å². The topological polar surface area (TPSA) is 38.0 Å². The van der Waals surface area contributed by atoms with Crippen molar-refractivity contribution in [1.29, 1.82) is 0 Å². The van der Waals surface area contributed by atoms with Crippen LogP contribution in [0.5, 0.6) is 0 Å². The zero-order valence-electron chi connectivity index (χ0n) is 12.7. The maximum atomic E-state index is 5.91. The monoisotopic (exact) mass is 296 g/mol. The van der Waals surface area contributed by atoms with Crippen molar-refractivity contribution in [2.45, 2.75) is 70.8 Å². The van der Waals surface area contributed by atoms with Crippen LogP contribution in [0.4, 0.5) is 0 Å². The van der Waals surface area contributed by atoms with Crippen LogP contribution >= 0.6 is 11.6 Å². The first-order chi connectivity index (χ1) is 9.77. The first-order valence-corrected chi connectivity index (χ1v) is 8.37. The standard InChI is InChI=1S/C17H29ClN2/c1-2-3-4-5-6-7-8-9-10-17(20-19)15-11-13-16(18)14-12-15/h11-14,17,20H,2-10,19H2,1H3. The predicted molar refractivity (Wildman–Crippen MR) is 88.7 cm³/mol. The molecule has 0 fully saturated rings. The molecule has 1 aromatic rings. The molecule has 0 heterocycles. The fourth-order valence-electron chi connectivity index (χ4n) is 2.52. The van der Waals surface area contributed by atoms with Gasteiger partial charge in [0.2, 0.25) is 0 Å². The van der Waals surface area contributed by atoms with Gasteiger partial charge in [0.15, 0.2) is 0 Å². The van der Waals surface area contributed by atoms with Gasteiger partial charge in [0.05, 0.1) is 0 Å². The van der Waals surface area contributed by atoms with E-state index in [4.69, 9.17) is 17.4 Å². The lowest BCUT2D eigenvalue weighted by Gasteiger charge is -2.16. The van der Waals surface area contributed by atoms with Crippen LogP contribution in [-0.4, -0.2) is 0 Å². The van der Waals surface area contributed by atoms with Gasteiger partial charge in [-0.15, -0.1) is 0 Å². The molecule has 1 rings (SSSR count). The SMILES string of the molecule is CCCCCCCCCCC(NN)c1ccc(Cl)cc1. The van der Waals surface area contributed by atoms with Crippen molar-refractivity contribution in [3.8, 4) is 0 Å². The summed E-state index contributed by atoms with van der Waals surface area (Å²) in [6.45, 7) is 2.26. The second-order valence-corrected chi connectivity index (χ2v) is 5.97. The summed E-state index contributed by atoms with van der Waals surface area (Å²) in [5.74, 6) is 5.66. The smallest absolute Gasteiger partial charge is 0.0460 e. The number of rotatable bonds is 11. The van der Waals surface area contributed by atoms with Crippen molar-refractivity contribution < 1.29 is 0 Å². The maximum absolute atomic E-state index is 5.91. The van der Waals surface area contributed by atoms with Crippen LogP contribution in [0.3, 0.4) is 0 Å². The molecule has 0 amide bonds. The van der Waals surface area contributed by atoms with E-state index in [0.29, 0.717) is 0 Å². The molecule has 0 saturated carbocycles. The van der Waals surface area contributed by atoms with Gasteiger partial charge in [0, 0.05) is 11.1 Å². The lowest BCUT2D eigenvalue weighted by Crippen LogP contribution is -2.27. The molecule has 114 valence electrons. The first kappa shape index (κ1) is 17.5. The number of nitrogens with two attached hydrogens (primary N) is 1. The number of halogens is 1. The van der Waals surface area contributed by atoms with E-state index in [2.05, 4.69) is 24.5 Å². The highest BCUT2D eigenvalue weighted by Gasteiger charge is 2.08. The van der Waals surface area contributed by atoms with Gasteiger partial charge in [-0.1, -0.05) is 82.0 Å². The summed E-state index contributed by atoms with van der Waals surface area (Å²) in [6, 6.07) is 8.20. The van der Waals surface area contributed by atoms with Crippen molar-refractivity contribution >= 4 is 11.6 Å². The molecule has 20 heavy (non-hydrogen) atoms. The number of nitrogens with one attached hydrogen (secondary N) is 1. The van der Waals surface area contributed by atoms with E-state index >= 15 is 0 Å². The van der Waals surface area contributed by atoms with Gasteiger partial charge in [-0.3, -0.25) is 11.3 Å². The predicted octanol–water partition coefficient (Wildman–Crippen LogP) is 5.38. The van der Waals surface area contributed by atoms with E-state index < -0.39 is 0 Å². The minimum atomic E-state index is 0.243. The highest BCUT2D eigenvalue weighted by Crippen LogP contribution is 2.21. The molecule has 0 aliphatic heterocycles. The van der Waals surface area contributed by atoms with Crippen LogP contribution in [0, 0.1) is 0 Å². The van der Waals surface area contributed by atoms with Crippen LogP contribution in [0.1, 0.15) is 76.3 Å². The van der Waals surface area contributed by atoms with Gasteiger partial charge in [0.1, 0.15) is 0 Å². The number of unbranched alkanes of at least 4 members (excludes halogenated alkanes) is 7. The lowest BCUT2D eigenvalue weighted by atomic mass is 10.00. The highest BCUT2D eigenvalue weighted by molar-refractivity contribution is 6.30. The Hall–Kier alpha value is -0.570. The third-order valence-electron chi connectivity index (χ3n) is 3.82. The largest absolute Gasteiger partial charge is 0.271 e. The minimum Gasteiger partial charge on any atom is -0.271 e. The number of hydrazine groups is 1. The molecule has 0 radical (unpaired) electrons. The fourth-order valence-corrected chi connectivity index (χ4v) is 2.65. The zero-order chi connectivity index (χ0) is 14.6. The second-order valence-electron chi connectivity index (χ2n) is 5.53. The van der Waals surface area contributed by atoms with Gasteiger partial charge in [-0.25, -0.2) is 0 Å². The van der Waals surface area contributed by atoms with Gasteiger partial charge in [-0.05, 0) is 24.1 Å². The Morgan fingerprint density at radius 2 is 1.50 bits per heavy atom. The van der Waals surface area contributed by atoms with E-state index in [9.17, 15) is 0 Å². The molecule has 0 aliphatic carbocycles. The Morgan fingerprint density at radius 3 is 2.05 bits per heavy atom. The van der Waals surface area contributed by atoms with E-state index in [1.165, 1.54) is 56.9 Å². The van der Waals surface area contributed by atoms with Gasteiger partial charge in [0.25, 0.3) is 0 Å². The van der Waals surface area contributed by atoms with Crippen LogP contribution < -0.4 is 11.3 Å². The molecule has 3 N–H and O–H groups in total. The van der Waals surface area contributed by atoms with Crippen molar-refractivity contribution in [3.63, 3.8) is 0 Å². The summed E-state index contributed by atoms with van der Waals surface area (Å²) in [7, 11) is 0. The molecule has 0 aromatic heterocycles. The second kappa shape index (κ2) is 11.1. The number of hydrogen-bond acceptors (Lipinski definition) is 2. The third kappa shape index (κ3) is 7.28. The molecule has 0 spiro atoms. The molecule has 0 aliphatic rings. The average Bonchev–Trinajstić information content (AvgIpc) is 2.47. The molecular formula is C17H29ClN2. The molecule has 2 nitrogen and oxygen atoms in total. The Labute approximate surface area is 129 Å². The minimum absolute atomic E-state index is 0.243. The Kier molecular flexibility index (Phi) is 9.73. The summed E-state index contributed by atoms with van der Waals surface area (Å²) < 4.78 is 0. The van der Waals surface area contributed by atoms with Crippen LogP contribution in [0.25, 0.3) is 0 Å². The lowest BCUT2D eigenvalue weighted by molar-refractivity contribution is 0.475. The Bertz CT molecular complexity index is 337. The maximum Gasteiger partial charge on any atom is 0.0460 e. The van der Waals surface area contributed by atoms with Gasteiger partial charge < -0.3 is 0 Å². The van der Waals surface area contributed by atoms with Gasteiger partial charge in [-0.2, -0.15) is 0 Å². The molecule has 3 heteroatoms. The summed E-state index contributed by atoms with van der Waals surface area (Å²) in [5.41, 5.74) is 4.14. The van der Waals surface area contributed by atoms with E-state index in [-0.39, 0.29) is 6.04 Å². The zero-order valence-corrected chi connectivity index (χ0v) is 13.5. The van der Waals surface area contributed by atoms with E-state index in [1.807, 2.05) is 12.1 Å². The summed E-state index contributed by atoms with van der Waals surface area (Å²) in [4.78, 5) is 0. The third-order valence-corrected chi connectivity index (χ3v) is 4.07. The summed E-state index contributed by atoms with van der Waals surface area (Å²) >= 11 is 5.91. The van der Waals surface area contributed by atoms with Crippen LogP contribution in [0.15, 0.2) is 24.3 Å². The Balaban J connectivity index is 2.14. The molecule has 1 atom stereocenters. The van der Waals surface area contributed by atoms with Crippen molar-refractivity contribution in [1.82, 2.24) is 5.43 Å². The van der Waals surface area contributed by atoms with Crippen LogP contribution in [-0.2, 0) is 0 Å². The van der Waals surface area contributed by atoms with Crippen molar-refractivity contribution in [2.24, 2.45) is 5.84 Å². The Morgan fingerprint density at radius 1 is 0.950 bits per heavy atom. The first-order valence-electron chi connectivity index (χ1n) is 7.99. The number of benzene rings is 1. The molecule has 1 aromatic carbocycles. The summed E-state index contributed by atoms with van der Waals surface area (Å²) in [6.07, 6.45) is 11.8. The van der Waals surface area contributed by atoms with E-state index in [1.54, 1.807) is 0 Å². The average molecular weight is 297 g/mol.